The van der Waals surface area contributed by atoms with Gasteiger partial charge in [0.15, 0.2) is 0 Å². The second kappa shape index (κ2) is 6.15. The number of aromatic nitrogens is 2. The maximum Gasteiger partial charge on any atom is 0.251 e. The second-order valence-electron chi connectivity index (χ2n) is 5.30. The molecule has 0 bridgehead atoms. The van der Waals surface area contributed by atoms with Gasteiger partial charge in [-0.25, -0.2) is 4.68 Å². The minimum Gasteiger partial charge on any atom is -0.350 e. The van der Waals surface area contributed by atoms with Gasteiger partial charge in [0.2, 0.25) is 0 Å². The van der Waals surface area contributed by atoms with E-state index in [1.807, 2.05) is 66.5 Å². The highest BCUT2D eigenvalue weighted by Gasteiger charge is 2.08. The van der Waals surface area contributed by atoms with Gasteiger partial charge in [-0.15, -0.1) is 11.3 Å². The zero-order valence-electron chi connectivity index (χ0n) is 12.5. The second-order valence-corrected chi connectivity index (χ2v) is 6.25. The Labute approximate surface area is 133 Å². The van der Waals surface area contributed by atoms with Gasteiger partial charge in [-0.2, -0.15) is 5.10 Å². The van der Waals surface area contributed by atoms with Gasteiger partial charge in [-0.05, 0) is 55.6 Å². The number of carbonyl (C=O) groups is 1. The van der Waals surface area contributed by atoms with E-state index >= 15 is 0 Å². The van der Waals surface area contributed by atoms with Gasteiger partial charge in [0.05, 0.1) is 10.6 Å². The van der Waals surface area contributed by atoms with Crippen LogP contribution in [-0.4, -0.2) is 21.7 Å². The van der Waals surface area contributed by atoms with Gasteiger partial charge < -0.3 is 5.32 Å². The number of nitrogens with zero attached hydrogens (tertiary/aromatic N) is 2. The van der Waals surface area contributed by atoms with E-state index in [-0.39, 0.29) is 11.9 Å². The van der Waals surface area contributed by atoms with E-state index in [0.29, 0.717) is 5.56 Å². The lowest BCUT2D eigenvalue weighted by Gasteiger charge is -2.08. The molecule has 5 heteroatoms. The van der Waals surface area contributed by atoms with Crippen molar-refractivity contribution in [3.05, 3.63) is 59.6 Å². The third kappa shape index (κ3) is 3.09. The number of hydrogen-bond acceptors (Lipinski definition) is 3. The molecule has 1 N–H and O–H groups in total. The predicted molar refractivity (Wildman–Crippen MR) is 89.5 cm³/mol. The Morgan fingerprint density at radius 2 is 1.95 bits per heavy atom. The van der Waals surface area contributed by atoms with Crippen molar-refractivity contribution in [2.24, 2.45) is 0 Å². The normalized spacial score (nSPS) is 10.9. The largest absolute Gasteiger partial charge is 0.350 e. The SMILES string of the molecule is CC(C)NC(=O)c1ccc(-n2ccc(-c3cccs3)n2)cc1. The van der Waals surface area contributed by atoms with Crippen LogP contribution < -0.4 is 5.32 Å². The van der Waals surface area contributed by atoms with Crippen LogP contribution in [0, 0.1) is 0 Å². The summed E-state index contributed by atoms with van der Waals surface area (Å²) in [5.41, 5.74) is 2.55. The summed E-state index contributed by atoms with van der Waals surface area (Å²) in [4.78, 5) is 13.1. The Hall–Kier alpha value is -2.40. The lowest BCUT2D eigenvalue weighted by molar-refractivity contribution is 0.0943. The van der Waals surface area contributed by atoms with Crippen LogP contribution in [0.3, 0.4) is 0 Å². The van der Waals surface area contributed by atoms with Crippen LogP contribution >= 0.6 is 11.3 Å². The summed E-state index contributed by atoms with van der Waals surface area (Å²) in [5.74, 6) is -0.0544. The molecule has 3 aromatic rings. The molecule has 0 fully saturated rings. The number of rotatable bonds is 4. The minimum atomic E-state index is -0.0544. The first-order chi connectivity index (χ1) is 10.6. The van der Waals surface area contributed by atoms with Crippen molar-refractivity contribution in [2.45, 2.75) is 19.9 Å². The summed E-state index contributed by atoms with van der Waals surface area (Å²) in [7, 11) is 0. The van der Waals surface area contributed by atoms with Gasteiger partial charge in [0, 0.05) is 17.8 Å². The first kappa shape index (κ1) is 14.5. The quantitative estimate of drug-likeness (QED) is 0.798. The van der Waals surface area contributed by atoms with E-state index in [9.17, 15) is 4.79 Å². The maximum atomic E-state index is 11.9. The molecule has 0 aliphatic heterocycles. The molecule has 3 rings (SSSR count). The highest BCUT2D eigenvalue weighted by molar-refractivity contribution is 7.13. The number of hydrogen-bond donors (Lipinski definition) is 1. The van der Waals surface area contributed by atoms with E-state index in [4.69, 9.17) is 0 Å². The molecular formula is C17H17N3OS. The van der Waals surface area contributed by atoms with Crippen molar-refractivity contribution in [1.29, 1.82) is 0 Å². The van der Waals surface area contributed by atoms with Gasteiger partial charge in [0.25, 0.3) is 5.91 Å². The number of thiophene rings is 1. The maximum absolute atomic E-state index is 11.9. The van der Waals surface area contributed by atoms with E-state index in [1.165, 1.54) is 0 Å². The number of nitrogens with one attached hydrogen (secondary N) is 1. The first-order valence-electron chi connectivity index (χ1n) is 7.14. The third-order valence-electron chi connectivity index (χ3n) is 3.18. The van der Waals surface area contributed by atoms with Crippen LogP contribution in [0.25, 0.3) is 16.3 Å². The third-order valence-corrected chi connectivity index (χ3v) is 4.07. The molecule has 0 saturated heterocycles. The molecule has 0 spiro atoms. The fourth-order valence-electron chi connectivity index (χ4n) is 2.13. The summed E-state index contributed by atoms with van der Waals surface area (Å²) >= 11 is 1.67. The Kier molecular flexibility index (Phi) is 4.06. The van der Waals surface area contributed by atoms with Crippen molar-refractivity contribution >= 4 is 17.2 Å². The molecule has 0 aliphatic rings. The lowest BCUT2D eigenvalue weighted by atomic mass is 10.2. The number of amides is 1. The van der Waals surface area contributed by atoms with Gasteiger partial charge in [-0.3, -0.25) is 4.79 Å². The van der Waals surface area contributed by atoms with Crippen LogP contribution in [0.15, 0.2) is 54.0 Å². The molecule has 0 radical (unpaired) electrons. The van der Waals surface area contributed by atoms with Crippen LogP contribution in [-0.2, 0) is 0 Å². The number of carbonyl (C=O) groups excluding carboxylic acids is 1. The monoisotopic (exact) mass is 311 g/mol. The summed E-state index contributed by atoms with van der Waals surface area (Å²) in [6.45, 7) is 3.89. The highest BCUT2D eigenvalue weighted by atomic mass is 32.1. The topological polar surface area (TPSA) is 46.9 Å². The standard InChI is InChI=1S/C17H17N3OS/c1-12(2)18-17(21)13-5-7-14(8-6-13)20-10-9-15(19-20)16-4-3-11-22-16/h3-12H,1-2H3,(H,18,21). The molecule has 0 aliphatic carbocycles. The van der Waals surface area contributed by atoms with Crippen LogP contribution in [0.1, 0.15) is 24.2 Å². The fourth-order valence-corrected chi connectivity index (χ4v) is 2.83. The average molecular weight is 311 g/mol. The molecule has 22 heavy (non-hydrogen) atoms. The first-order valence-corrected chi connectivity index (χ1v) is 8.02. The van der Waals surface area contributed by atoms with Gasteiger partial charge >= 0.3 is 0 Å². The molecule has 2 aromatic heterocycles. The van der Waals surface area contributed by atoms with Gasteiger partial charge in [-0.1, -0.05) is 6.07 Å². The Morgan fingerprint density at radius 3 is 2.59 bits per heavy atom. The summed E-state index contributed by atoms with van der Waals surface area (Å²) in [6.07, 6.45) is 1.93. The molecule has 112 valence electrons. The van der Waals surface area contributed by atoms with Crippen molar-refractivity contribution in [3.63, 3.8) is 0 Å². The van der Waals surface area contributed by atoms with Crippen molar-refractivity contribution < 1.29 is 4.79 Å². The summed E-state index contributed by atoms with van der Waals surface area (Å²) in [6, 6.07) is 13.6. The molecule has 0 atom stereocenters. The molecule has 2 heterocycles. The van der Waals surface area contributed by atoms with Gasteiger partial charge in [0.1, 0.15) is 5.69 Å². The Balaban J connectivity index is 1.80. The van der Waals surface area contributed by atoms with E-state index in [1.54, 1.807) is 11.3 Å². The van der Waals surface area contributed by atoms with E-state index in [2.05, 4.69) is 16.5 Å². The lowest BCUT2D eigenvalue weighted by Crippen LogP contribution is -2.29. The van der Waals surface area contributed by atoms with Crippen LogP contribution in [0.5, 0.6) is 0 Å². The Morgan fingerprint density at radius 1 is 1.18 bits per heavy atom. The zero-order chi connectivity index (χ0) is 15.5. The summed E-state index contributed by atoms with van der Waals surface area (Å²) in [5, 5.41) is 9.49. The van der Waals surface area contributed by atoms with Crippen molar-refractivity contribution in [2.75, 3.05) is 0 Å². The van der Waals surface area contributed by atoms with Crippen LogP contribution in [0.2, 0.25) is 0 Å². The molecular weight excluding hydrogens is 294 g/mol. The molecule has 1 amide bonds. The minimum absolute atomic E-state index is 0.0544. The predicted octanol–water partition coefficient (Wildman–Crippen LogP) is 3.74. The summed E-state index contributed by atoms with van der Waals surface area (Å²) < 4.78 is 1.82. The average Bonchev–Trinajstić information content (AvgIpc) is 3.18. The Bertz CT molecular complexity index is 758. The zero-order valence-corrected chi connectivity index (χ0v) is 13.3. The fraction of sp³-hybridized carbons (Fsp3) is 0.176. The van der Waals surface area contributed by atoms with Crippen LogP contribution in [0.4, 0.5) is 0 Å². The molecule has 0 saturated carbocycles. The van der Waals surface area contributed by atoms with Crippen molar-refractivity contribution in [3.8, 4) is 16.3 Å². The van der Waals surface area contributed by atoms with Crippen molar-refractivity contribution in [1.82, 2.24) is 15.1 Å². The smallest absolute Gasteiger partial charge is 0.251 e. The molecule has 4 nitrogen and oxygen atoms in total. The van der Waals surface area contributed by atoms with E-state index in [0.717, 1.165) is 16.3 Å². The van der Waals surface area contributed by atoms with E-state index < -0.39 is 0 Å². The molecule has 1 aromatic carbocycles. The number of benzene rings is 1. The molecule has 0 unspecified atom stereocenters. The highest BCUT2D eigenvalue weighted by Crippen LogP contribution is 2.23.